The fraction of sp³-hybridized carbons (Fsp3) is 0.571. The van der Waals surface area contributed by atoms with Gasteiger partial charge in [-0.05, 0) is 43.7 Å². The molecule has 0 spiro atoms. The van der Waals surface area contributed by atoms with Gasteiger partial charge in [-0.1, -0.05) is 0 Å². The number of piperidine rings is 1. The third kappa shape index (κ3) is 4.74. The predicted octanol–water partition coefficient (Wildman–Crippen LogP) is 1.21. The Bertz CT molecular complexity index is 548. The van der Waals surface area contributed by atoms with E-state index in [2.05, 4.69) is 9.62 Å². The molecular weight excluding hydrogens is 295 g/mol. The van der Waals surface area contributed by atoms with Gasteiger partial charge in [-0.25, -0.2) is 17.5 Å². The Kier molecular flexibility index (Phi) is 5.69. The van der Waals surface area contributed by atoms with Crippen LogP contribution in [0.3, 0.4) is 0 Å². The highest BCUT2D eigenvalue weighted by molar-refractivity contribution is 7.89. The van der Waals surface area contributed by atoms with Crippen molar-refractivity contribution in [3.05, 3.63) is 30.1 Å². The maximum atomic E-state index is 12.9. The predicted molar refractivity (Wildman–Crippen MR) is 78.1 cm³/mol. The molecule has 2 rings (SSSR count). The zero-order valence-electron chi connectivity index (χ0n) is 12.1. The van der Waals surface area contributed by atoms with Crippen LogP contribution in [0.2, 0.25) is 0 Å². The van der Waals surface area contributed by atoms with Crippen LogP contribution in [0.1, 0.15) is 12.8 Å². The number of hydrogen-bond donors (Lipinski definition) is 1. The molecule has 1 N–H and O–H groups in total. The minimum atomic E-state index is -3.60. The minimum absolute atomic E-state index is 0.0953. The first-order chi connectivity index (χ1) is 10.0. The second-order valence-corrected chi connectivity index (χ2v) is 6.92. The highest BCUT2D eigenvalue weighted by Crippen LogP contribution is 2.15. The summed E-state index contributed by atoms with van der Waals surface area (Å²) in [5.41, 5.74) is 0. The first-order valence-electron chi connectivity index (χ1n) is 7.00. The number of benzene rings is 1. The Morgan fingerprint density at radius 2 is 2.10 bits per heavy atom. The third-order valence-corrected chi connectivity index (χ3v) is 5.10. The SMILES string of the molecule is COCCN1CCC[C@H](NS(=O)(=O)c2ccc(F)cc2)C1. The molecular formula is C14H21FN2O3S. The summed E-state index contributed by atoms with van der Waals surface area (Å²) in [7, 11) is -1.94. The molecule has 118 valence electrons. The number of likely N-dealkylation sites (tertiary alicyclic amines) is 1. The molecule has 1 fully saturated rings. The van der Waals surface area contributed by atoms with Crippen LogP contribution in [0.25, 0.3) is 0 Å². The van der Waals surface area contributed by atoms with E-state index in [1.165, 1.54) is 12.1 Å². The first-order valence-corrected chi connectivity index (χ1v) is 8.49. The molecule has 0 unspecified atom stereocenters. The lowest BCUT2D eigenvalue weighted by Crippen LogP contribution is -2.48. The van der Waals surface area contributed by atoms with Crippen molar-refractivity contribution in [2.45, 2.75) is 23.8 Å². The van der Waals surface area contributed by atoms with Crippen LogP contribution in [0.5, 0.6) is 0 Å². The summed E-state index contributed by atoms with van der Waals surface area (Å²) in [6, 6.07) is 4.75. The fourth-order valence-corrected chi connectivity index (χ4v) is 3.74. The molecule has 0 amide bonds. The normalized spacial score (nSPS) is 20.6. The summed E-state index contributed by atoms with van der Waals surface area (Å²) in [5, 5.41) is 0. The quantitative estimate of drug-likeness (QED) is 0.857. The van der Waals surface area contributed by atoms with Crippen molar-refractivity contribution in [2.75, 3.05) is 33.4 Å². The number of halogens is 1. The monoisotopic (exact) mass is 316 g/mol. The number of nitrogens with zero attached hydrogens (tertiary/aromatic N) is 1. The summed E-state index contributed by atoms with van der Waals surface area (Å²) < 4.78 is 45.1. The van der Waals surface area contributed by atoms with Gasteiger partial charge < -0.3 is 4.74 Å². The number of ether oxygens (including phenoxy) is 1. The van der Waals surface area contributed by atoms with Crippen LogP contribution >= 0.6 is 0 Å². The van der Waals surface area contributed by atoms with Crippen molar-refractivity contribution in [1.82, 2.24) is 9.62 Å². The summed E-state index contributed by atoms with van der Waals surface area (Å²) in [5.74, 6) is -0.447. The molecule has 1 aliphatic heterocycles. The molecule has 0 saturated carbocycles. The van der Waals surface area contributed by atoms with E-state index >= 15 is 0 Å². The van der Waals surface area contributed by atoms with Crippen LogP contribution in [-0.4, -0.2) is 52.7 Å². The van der Waals surface area contributed by atoms with Crippen LogP contribution in [-0.2, 0) is 14.8 Å². The van der Waals surface area contributed by atoms with Crippen LogP contribution < -0.4 is 4.72 Å². The van der Waals surface area contributed by atoms with Crippen molar-refractivity contribution >= 4 is 10.0 Å². The molecule has 0 bridgehead atoms. The van der Waals surface area contributed by atoms with E-state index in [-0.39, 0.29) is 10.9 Å². The van der Waals surface area contributed by atoms with E-state index in [1.54, 1.807) is 7.11 Å². The van der Waals surface area contributed by atoms with Gasteiger partial charge in [0.05, 0.1) is 11.5 Å². The number of sulfonamides is 1. The number of nitrogens with one attached hydrogen (secondary N) is 1. The van der Waals surface area contributed by atoms with Gasteiger partial charge in [-0.15, -0.1) is 0 Å². The van der Waals surface area contributed by atoms with E-state index in [0.29, 0.717) is 13.2 Å². The van der Waals surface area contributed by atoms with Crippen molar-refractivity contribution in [3.8, 4) is 0 Å². The number of hydrogen-bond acceptors (Lipinski definition) is 4. The van der Waals surface area contributed by atoms with Crippen molar-refractivity contribution < 1.29 is 17.5 Å². The molecule has 1 heterocycles. The molecule has 1 aromatic rings. The largest absolute Gasteiger partial charge is 0.383 e. The number of rotatable bonds is 6. The van der Waals surface area contributed by atoms with E-state index in [4.69, 9.17) is 4.74 Å². The lowest BCUT2D eigenvalue weighted by atomic mass is 10.1. The van der Waals surface area contributed by atoms with E-state index in [0.717, 1.165) is 38.1 Å². The van der Waals surface area contributed by atoms with Gasteiger partial charge >= 0.3 is 0 Å². The average molecular weight is 316 g/mol. The molecule has 7 heteroatoms. The third-order valence-electron chi connectivity index (χ3n) is 3.56. The maximum absolute atomic E-state index is 12.9. The zero-order valence-corrected chi connectivity index (χ0v) is 12.9. The van der Waals surface area contributed by atoms with Gasteiger partial charge in [0, 0.05) is 26.2 Å². The van der Waals surface area contributed by atoms with Crippen LogP contribution in [0.15, 0.2) is 29.2 Å². The highest BCUT2D eigenvalue weighted by Gasteiger charge is 2.25. The van der Waals surface area contributed by atoms with Gasteiger partial charge in [0.25, 0.3) is 0 Å². The lowest BCUT2D eigenvalue weighted by Gasteiger charge is -2.32. The Balaban J connectivity index is 1.97. The van der Waals surface area contributed by atoms with Gasteiger partial charge in [0.1, 0.15) is 5.82 Å². The molecule has 5 nitrogen and oxygen atoms in total. The van der Waals surface area contributed by atoms with Gasteiger partial charge in [-0.3, -0.25) is 4.90 Å². The molecule has 0 radical (unpaired) electrons. The molecule has 1 atom stereocenters. The van der Waals surface area contributed by atoms with Crippen molar-refractivity contribution in [3.63, 3.8) is 0 Å². The summed E-state index contributed by atoms with van der Waals surface area (Å²) in [4.78, 5) is 2.28. The molecule has 1 saturated heterocycles. The Morgan fingerprint density at radius 3 is 2.76 bits per heavy atom. The van der Waals surface area contributed by atoms with Gasteiger partial charge in [0.2, 0.25) is 10.0 Å². The highest BCUT2D eigenvalue weighted by atomic mass is 32.2. The molecule has 0 aliphatic carbocycles. The van der Waals surface area contributed by atoms with Crippen LogP contribution in [0, 0.1) is 5.82 Å². The first kappa shape index (κ1) is 16.4. The van der Waals surface area contributed by atoms with E-state index < -0.39 is 15.8 Å². The maximum Gasteiger partial charge on any atom is 0.240 e. The Morgan fingerprint density at radius 1 is 1.38 bits per heavy atom. The molecule has 1 aromatic carbocycles. The van der Waals surface area contributed by atoms with Crippen LogP contribution in [0.4, 0.5) is 4.39 Å². The van der Waals surface area contributed by atoms with Crippen molar-refractivity contribution in [1.29, 1.82) is 0 Å². The number of methoxy groups -OCH3 is 1. The zero-order chi connectivity index (χ0) is 15.3. The average Bonchev–Trinajstić information content (AvgIpc) is 2.45. The standard InChI is InChI=1S/C14H21FN2O3S/c1-20-10-9-17-8-2-3-13(11-17)16-21(18,19)14-6-4-12(15)5-7-14/h4-7,13,16H,2-3,8-11H2,1H3/t13-/m0/s1. The topological polar surface area (TPSA) is 58.6 Å². The molecule has 1 aliphatic rings. The smallest absolute Gasteiger partial charge is 0.240 e. The molecule has 21 heavy (non-hydrogen) atoms. The van der Waals surface area contributed by atoms with E-state index in [9.17, 15) is 12.8 Å². The molecule has 0 aromatic heterocycles. The Labute approximate surface area is 125 Å². The summed E-state index contributed by atoms with van der Waals surface area (Å²) in [6.07, 6.45) is 1.75. The van der Waals surface area contributed by atoms with E-state index in [1.807, 2.05) is 0 Å². The fourth-order valence-electron chi connectivity index (χ4n) is 2.48. The lowest BCUT2D eigenvalue weighted by molar-refractivity contribution is 0.126. The van der Waals surface area contributed by atoms with Gasteiger partial charge in [0.15, 0.2) is 0 Å². The second-order valence-electron chi connectivity index (χ2n) is 5.21. The van der Waals surface area contributed by atoms with Gasteiger partial charge in [-0.2, -0.15) is 0 Å². The minimum Gasteiger partial charge on any atom is -0.383 e. The summed E-state index contributed by atoms with van der Waals surface area (Å²) in [6.45, 7) is 3.06. The van der Waals surface area contributed by atoms with Crippen molar-refractivity contribution in [2.24, 2.45) is 0 Å². The Hall–Kier alpha value is -1.02. The second kappa shape index (κ2) is 7.31. The summed E-state index contributed by atoms with van der Waals surface area (Å²) >= 11 is 0.